The SMILES string of the molecule is COCCN1CCN(C(=O)c2cn3c(C(=O)NCC45CC6CC(CC(C6)C4)C5)cccc3n2)CC1. The summed E-state index contributed by atoms with van der Waals surface area (Å²) in [4.78, 5) is 35.2. The fourth-order valence-electron chi connectivity index (χ4n) is 7.72. The molecular formula is C27H37N5O3. The van der Waals surface area contributed by atoms with Crippen LogP contribution in [0, 0.1) is 23.2 Å². The molecule has 8 nitrogen and oxygen atoms in total. The monoisotopic (exact) mass is 479 g/mol. The first-order valence-corrected chi connectivity index (χ1v) is 13.3. The van der Waals surface area contributed by atoms with Crippen molar-refractivity contribution < 1.29 is 14.3 Å². The molecule has 5 fully saturated rings. The molecule has 0 spiro atoms. The summed E-state index contributed by atoms with van der Waals surface area (Å²) in [6, 6.07) is 5.53. The number of nitrogens with one attached hydrogen (secondary N) is 1. The van der Waals surface area contributed by atoms with Gasteiger partial charge in [0.05, 0.1) is 6.61 Å². The number of piperazine rings is 1. The first kappa shape index (κ1) is 23.0. The Hall–Kier alpha value is -2.45. The van der Waals surface area contributed by atoms with Crippen molar-refractivity contribution in [3.8, 4) is 0 Å². The first-order chi connectivity index (χ1) is 17.0. The van der Waals surface area contributed by atoms with Crippen LogP contribution in [0.4, 0.5) is 0 Å². The molecule has 188 valence electrons. The molecule has 0 atom stereocenters. The van der Waals surface area contributed by atoms with Gasteiger partial charge in [0.2, 0.25) is 0 Å². The number of methoxy groups -OCH3 is 1. The van der Waals surface area contributed by atoms with Crippen LogP contribution in [0.1, 0.15) is 59.5 Å². The Labute approximate surface area is 207 Å². The fourth-order valence-corrected chi connectivity index (χ4v) is 7.72. The van der Waals surface area contributed by atoms with Crippen molar-refractivity contribution in [3.05, 3.63) is 35.8 Å². The number of hydrogen-bond acceptors (Lipinski definition) is 5. The summed E-state index contributed by atoms with van der Waals surface area (Å²) in [5.74, 6) is 2.46. The number of aromatic nitrogens is 2. The largest absolute Gasteiger partial charge is 0.383 e. The molecule has 5 aliphatic rings. The van der Waals surface area contributed by atoms with E-state index in [-0.39, 0.29) is 11.8 Å². The quantitative estimate of drug-likeness (QED) is 0.661. The van der Waals surface area contributed by atoms with Crippen LogP contribution in [0.2, 0.25) is 0 Å². The van der Waals surface area contributed by atoms with Gasteiger partial charge in [-0.1, -0.05) is 6.07 Å². The van der Waals surface area contributed by atoms with E-state index in [4.69, 9.17) is 4.74 Å². The second kappa shape index (κ2) is 9.21. The van der Waals surface area contributed by atoms with Crippen molar-refractivity contribution in [2.24, 2.45) is 23.2 Å². The molecular weight excluding hydrogens is 442 g/mol. The van der Waals surface area contributed by atoms with Crippen LogP contribution in [0.15, 0.2) is 24.4 Å². The van der Waals surface area contributed by atoms with E-state index in [0.29, 0.717) is 42.1 Å². The van der Waals surface area contributed by atoms with E-state index in [2.05, 4.69) is 15.2 Å². The summed E-state index contributed by atoms with van der Waals surface area (Å²) < 4.78 is 6.94. The molecule has 7 rings (SSSR count). The highest BCUT2D eigenvalue weighted by atomic mass is 16.5. The number of ether oxygens (including phenoxy) is 1. The molecule has 35 heavy (non-hydrogen) atoms. The lowest BCUT2D eigenvalue weighted by molar-refractivity contribution is -0.0503. The molecule has 2 amide bonds. The molecule has 1 saturated heterocycles. The van der Waals surface area contributed by atoms with Crippen molar-refractivity contribution in [1.29, 1.82) is 0 Å². The van der Waals surface area contributed by atoms with Gasteiger partial charge >= 0.3 is 0 Å². The Kier molecular flexibility index (Phi) is 6.05. The molecule has 3 heterocycles. The number of carbonyl (C=O) groups is 2. The number of nitrogens with zero attached hydrogens (tertiary/aromatic N) is 4. The zero-order valence-electron chi connectivity index (χ0n) is 20.7. The molecule has 0 aromatic carbocycles. The molecule has 1 aliphatic heterocycles. The van der Waals surface area contributed by atoms with Crippen molar-refractivity contribution >= 4 is 17.5 Å². The van der Waals surface area contributed by atoms with Crippen LogP contribution in [-0.2, 0) is 4.74 Å². The van der Waals surface area contributed by atoms with Gasteiger partial charge in [-0.3, -0.25) is 18.9 Å². The molecule has 2 aromatic heterocycles. The summed E-state index contributed by atoms with van der Waals surface area (Å²) in [6.07, 6.45) is 9.75. The number of hydrogen-bond donors (Lipinski definition) is 1. The predicted octanol–water partition coefficient (Wildman–Crippen LogP) is 2.68. The van der Waals surface area contributed by atoms with Crippen molar-refractivity contribution in [1.82, 2.24) is 24.5 Å². The minimum atomic E-state index is -0.0745. The number of pyridine rings is 1. The standard InChI is InChI=1S/C27H37N5O3/c1-35-10-9-30-5-7-31(8-6-30)26(34)22-17-32-23(3-2-4-24(32)29-22)25(33)28-18-27-14-19-11-20(15-27)13-21(12-19)16-27/h2-4,17,19-21H,5-16,18H2,1H3,(H,28,33). The molecule has 4 bridgehead atoms. The van der Waals surface area contributed by atoms with Crippen LogP contribution in [-0.4, -0.2) is 84.0 Å². The van der Waals surface area contributed by atoms with Crippen LogP contribution in [0.25, 0.3) is 5.65 Å². The maximum Gasteiger partial charge on any atom is 0.274 e. The molecule has 8 heteroatoms. The number of fused-ring (bicyclic) bond motifs is 1. The molecule has 0 unspecified atom stereocenters. The third kappa shape index (κ3) is 4.47. The molecule has 4 aliphatic carbocycles. The molecule has 4 saturated carbocycles. The van der Waals surface area contributed by atoms with Crippen molar-refractivity contribution in [3.63, 3.8) is 0 Å². The fraction of sp³-hybridized carbons (Fsp3) is 0.667. The lowest BCUT2D eigenvalue weighted by atomic mass is 9.49. The summed E-state index contributed by atoms with van der Waals surface area (Å²) >= 11 is 0. The van der Waals surface area contributed by atoms with Gasteiger partial charge < -0.3 is 15.0 Å². The minimum absolute atomic E-state index is 0.0694. The number of imidazole rings is 1. The number of amides is 2. The number of carbonyl (C=O) groups excluding carboxylic acids is 2. The van der Waals surface area contributed by atoms with Gasteiger partial charge in [-0.05, 0) is 73.8 Å². The lowest BCUT2D eigenvalue weighted by Gasteiger charge is -2.56. The Morgan fingerprint density at radius 3 is 2.40 bits per heavy atom. The Bertz CT molecular complexity index is 1070. The van der Waals surface area contributed by atoms with E-state index in [1.807, 2.05) is 23.1 Å². The summed E-state index contributed by atoms with van der Waals surface area (Å²) in [6.45, 7) is 5.37. The second-order valence-corrected chi connectivity index (χ2v) is 11.5. The topological polar surface area (TPSA) is 79.2 Å². The van der Waals surface area contributed by atoms with Gasteiger partial charge in [0.25, 0.3) is 11.8 Å². The predicted molar refractivity (Wildman–Crippen MR) is 132 cm³/mol. The van der Waals surface area contributed by atoms with E-state index in [1.165, 1.54) is 38.5 Å². The third-order valence-corrected chi connectivity index (χ3v) is 9.00. The lowest BCUT2D eigenvalue weighted by Crippen LogP contribution is -2.51. The van der Waals surface area contributed by atoms with Crippen LogP contribution in [0.3, 0.4) is 0 Å². The summed E-state index contributed by atoms with van der Waals surface area (Å²) in [7, 11) is 1.71. The van der Waals surface area contributed by atoms with E-state index in [0.717, 1.165) is 43.9 Å². The smallest absolute Gasteiger partial charge is 0.274 e. The van der Waals surface area contributed by atoms with E-state index in [1.54, 1.807) is 17.7 Å². The highest BCUT2D eigenvalue weighted by molar-refractivity contribution is 5.95. The maximum absolute atomic E-state index is 13.3. The Balaban J connectivity index is 1.13. The zero-order valence-corrected chi connectivity index (χ0v) is 20.7. The first-order valence-electron chi connectivity index (χ1n) is 13.3. The van der Waals surface area contributed by atoms with Crippen molar-refractivity contribution in [2.45, 2.75) is 38.5 Å². The van der Waals surface area contributed by atoms with Gasteiger partial charge in [-0.15, -0.1) is 0 Å². The van der Waals surface area contributed by atoms with E-state index >= 15 is 0 Å². The molecule has 0 radical (unpaired) electrons. The van der Waals surface area contributed by atoms with Gasteiger partial charge in [-0.2, -0.15) is 0 Å². The third-order valence-electron chi connectivity index (χ3n) is 9.00. The number of rotatable bonds is 7. The highest BCUT2D eigenvalue weighted by Gasteiger charge is 2.50. The maximum atomic E-state index is 13.3. The second-order valence-electron chi connectivity index (χ2n) is 11.5. The molecule has 2 aromatic rings. The van der Waals surface area contributed by atoms with Gasteiger partial charge in [0.1, 0.15) is 17.0 Å². The Morgan fingerprint density at radius 1 is 1.06 bits per heavy atom. The zero-order chi connectivity index (χ0) is 24.0. The minimum Gasteiger partial charge on any atom is -0.383 e. The van der Waals surface area contributed by atoms with Crippen molar-refractivity contribution in [2.75, 3.05) is 53.0 Å². The van der Waals surface area contributed by atoms with Crippen LogP contribution >= 0.6 is 0 Å². The van der Waals surface area contributed by atoms with Crippen LogP contribution in [0.5, 0.6) is 0 Å². The normalized spacial score (nSPS) is 30.2. The van der Waals surface area contributed by atoms with Gasteiger partial charge in [0.15, 0.2) is 0 Å². The van der Waals surface area contributed by atoms with Crippen LogP contribution < -0.4 is 5.32 Å². The van der Waals surface area contributed by atoms with Gasteiger partial charge in [0, 0.05) is 52.6 Å². The molecule has 1 N–H and O–H groups in total. The van der Waals surface area contributed by atoms with E-state index < -0.39 is 0 Å². The average molecular weight is 480 g/mol. The Morgan fingerprint density at radius 2 is 1.74 bits per heavy atom. The highest BCUT2D eigenvalue weighted by Crippen LogP contribution is 2.59. The summed E-state index contributed by atoms with van der Waals surface area (Å²) in [5, 5.41) is 3.27. The van der Waals surface area contributed by atoms with Gasteiger partial charge in [-0.25, -0.2) is 4.98 Å². The average Bonchev–Trinajstić information content (AvgIpc) is 3.30. The summed E-state index contributed by atoms with van der Waals surface area (Å²) in [5.41, 5.74) is 1.87. The van der Waals surface area contributed by atoms with E-state index in [9.17, 15) is 9.59 Å².